The molecule has 9 nitrogen and oxygen atoms in total. The van der Waals surface area contributed by atoms with Gasteiger partial charge in [-0.05, 0) is 35.9 Å². The Morgan fingerprint density at radius 1 is 1.00 bits per heavy atom. The molecule has 0 bridgehead atoms. The topological polar surface area (TPSA) is 108 Å². The molecule has 0 atom stereocenters. The Hall–Kier alpha value is -3.14. The van der Waals surface area contributed by atoms with Gasteiger partial charge in [0.2, 0.25) is 5.91 Å². The molecule has 0 saturated carbocycles. The van der Waals surface area contributed by atoms with Crippen LogP contribution in [0.25, 0.3) is 10.9 Å². The molecule has 1 aliphatic rings. The zero-order chi connectivity index (χ0) is 24.2. The predicted octanol–water partition coefficient (Wildman–Crippen LogP) is 2.23. The number of anilines is 1. The van der Waals surface area contributed by atoms with Gasteiger partial charge in [0.15, 0.2) is 0 Å². The van der Waals surface area contributed by atoms with Gasteiger partial charge in [0.05, 0.1) is 33.8 Å². The fraction of sp³-hybridized carbons (Fsp3) is 0.304. The number of amides is 1. The molecule has 178 valence electrons. The second-order valence-corrected chi connectivity index (χ2v) is 8.88. The van der Waals surface area contributed by atoms with E-state index in [0.29, 0.717) is 47.1 Å². The normalized spacial score (nSPS) is 14.4. The van der Waals surface area contributed by atoms with Gasteiger partial charge in [-0.3, -0.25) is 23.9 Å². The SMILES string of the molecule is O=C(O)CN1CCN(c2ccc3ncn(CC(=O)NCc4ccc(Cl)c(Cl)c4)c(=O)c3c2)CC1. The molecule has 2 heterocycles. The van der Waals surface area contributed by atoms with Crippen LogP contribution in [0.3, 0.4) is 0 Å². The van der Waals surface area contributed by atoms with Gasteiger partial charge in [0.25, 0.3) is 5.56 Å². The molecule has 3 aromatic rings. The van der Waals surface area contributed by atoms with Gasteiger partial charge in [-0.15, -0.1) is 0 Å². The van der Waals surface area contributed by atoms with Gasteiger partial charge in [-0.1, -0.05) is 29.3 Å². The fourth-order valence-corrected chi connectivity index (χ4v) is 4.19. The smallest absolute Gasteiger partial charge is 0.317 e. The van der Waals surface area contributed by atoms with Gasteiger partial charge in [-0.25, -0.2) is 4.98 Å². The molecule has 1 fully saturated rings. The van der Waals surface area contributed by atoms with Gasteiger partial charge in [0.1, 0.15) is 6.54 Å². The lowest BCUT2D eigenvalue weighted by molar-refractivity contribution is -0.138. The van der Waals surface area contributed by atoms with E-state index in [2.05, 4.69) is 15.2 Å². The molecule has 2 N–H and O–H groups in total. The van der Waals surface area contributed by atoms with Crippen LogP contribution >= 0.6 is 23.2 Å². The molecule has 0 spiro atoms. The van der Waals surface area contributed by atoms with Gasteiger partial charge in [-0.2, -0.15) is 0 Å². The first-order valence-electron chi connectivity index (χ1n) is 10.7. The third-order valence-electron chi connectivity index (χ3n) is 5.69. The number of hydrogen-bond acceptors (Lipinski definition) is 6. The summed E-state index contributed by atoms with van der Waals surface area (Å²) in [6.07, 6.45) is 1.37. The summed E-state index contributed by atoms with van der Waals surface area (Å²) in [5, 5.41) is 13.0. The Kier molecular flexibility index (Phi) is 7.35. The van der Waals surface area contributed by atoms with Crippen molar-refractivity contribution < 1.29 is 14.7 Å². The number of carboxylic acid groups (broad SMARTS) is 1. The second-order valence-electron chi connectivity index (χ2n) is 8.06. The van der Waals surface area contributed by atoms with E-state index in [0.717, 1.165) is 11.3 Å². The highest BCUT2D eigenvalue weighted by molar-refractivity contribution is 6.42. The van der Waals surface area contributed by atoms with Crippen LogP contribution < -0.4 is 15.8 Å². The van der Waals surface area contributed by atoms with Crippen molar-refractivity contribution in [1.82, 2.24) is 19.8 Å². The standard InChI is InChI=1S/C23H23Cl2N5O4/c24-18-3-1-15(9-19(18)25)11-26-21(31)12-30-14-27-20-4-2-16(10-17(20)23(30)34)29-7-5-28(6-8-29)13-22(32)33/h1-4,9-10,14H,5-8,11-13H2,(H,26,31)(H,32,33). The van der Waals surface area contributed by atoms with Crippen molar-refractivity contribution in [2.24, 2.45) is 0 Å². The second kappa shape index (κ2) is 10.4. The van der Waals surface area contributed by atoms with Crippen molar-refractivity contribution in [1.29, 1.82) is 0 Å². The summed E-state index contributed by atoms with van der Waals surface area (Å²) in [7, 11) is 0. The van der Waals surface area contributed by atoms with Crippen LogP contribution in [-0.2, 0) is 22.7 Å². The number of benzene rings is 2. The predicted molar refractivity (Wildman–Crippen MR) is 131 cm³/mol. The lowest BCUT2D eigenvalue weighted by Gasteiger charge is -2.35. The van der Waals surface area contributed by atoms with Crippen molar-refractivity contribution in [3.05, 3.63) is 68.7 Å². The van der Waals surface area contributed by atoms with Crippen molar-refractivity contribution in [3.8, 4) is 0 Å². The maximum absolute atomic E-state index is 13.0. The number of aliphatic carboxylic acids is 1. The van der Waals surface area contributed by atoms with E-state index >= 15 is 0 Å². The van der Waals surface area contributed by atoms with Crippen LogP contribution in [0.15, 0.2) is 47.5 Å². The molecule has 4 rings (SSSR count). The average molecular weight is 504 g/mol. The highest BCUT2D eigenvalue weighted by atomic mass is 35.5. The molecule has 1 saturated heterocycles. The zero-order valence-electron chi connectivity index (χ0n) is 18.2. The zero-order valence-corrected chi connectivity index (χ0v) is 19.7. The average Bonchev–Trinajstić information content (AvgIpc) is 2.82. The van der Waals surface area contributed by atoms with Gasteiger partial charge < -0.3 is 15.3 Å². The van der Waals surface area contributed by atoms with Crippen LogP contribution in [0.2, 0.25) is 10.0 Å². The maximum Gasteiger partial charge on any atom is 0.317 e. The number of nitrogens with one attached hydrogen (secondary N) is 1. The fourth-order valence-electron chi connectivity index (χ4n) is 3.87. The molecule has 34 heavy (non-hydrogen) atoms. The first-order valence-corrected chi connectivity index (χ1v) is 11.4. The summed E-state index contributed by atoms with van der Waals surface area (Å²) in [6, 6.07) is 10.6. The summed E-state index contributed by atoms with van der Waals surface area (Å²) >= 11 is 11.9. The number of carbonyl (C=O) groups excluding carboxylic acids is 1. The van der Waals surface area contributed by atoms with Crippen molar-refractivity contribution in [2.45, 2.75) is 13.1 Å². The summed E-state index contributed by atoms with van der Waals surface area (Å²) in [5.74, 6) is -1.17. The lowest BCUT2D eigenvalue weighted by Crippen LogP contribution is -2.48. The monoisotopic (exact) mass is 503 g/mol. The third kappa shape index (κ3) is 5.67. The number of hydrogen-bond donors (Lipinski definition) is 2. The summed E-state index contributed by atoms with van der Waals surface area (Å²) < 4.78 is 1.28. The van der Waals surface area contributed by atoms with Crippen molar-refractivity contribution in [2.75, 3.05) is 37.6 Å². The van der Waals surface area contributed by atoms with Crippen LogP contribution in [0.1, 0.15) is 5.56 Å². The van der Waals surface area contributed by atoms with Crippen molar-refractivity contribution >= 4 is 51.7 Å². The molecule has 0 radical (unpaired) electrons. The molecule has 2 aromatic carbocycles. The number of aromatic nitrogens is 2. The Bertz CT molecular complexity index is 1290. The van der Waals surface area contributed by atoms with Crippen LogP contribution in [0, 0.1) is 0 Å². The van der Waals surface area contributed by atoms with Crippen LogP contribution in [0.5, 0.6) is 0 Å². The Morgan fingerprint density at radius 2 is 1.76 bits per heavy atom. The molecule has 1 aromatic heterocycles. The highest BCUT2D eigenvalue weighted by Crippen LogP contribution is 2.22. The largest absolute Gasteiger partial charge is 0.480 e. The van der Waals surface area contributed by atoms with E-state index in [-0.39, 0.29) is 31.1 Å². The molecular weight excluding hydrogens is 481 g/mol. The number of halogens is 2. The van der Waals surface area contributed by atoms with E-state index in [1.807, 2.05) is 11.0 Å². The maximum atomic E-state index is 13.0. The van der Waals surface area contributed by atoms with Gasteiger partial charge >= 0.3 is 5.97 Å². The van der Waals surface area contributed by atoms with E-state index < -0.39 is 5.97 Å². The minimum atomic E-state index is -0.841. The minimum absolute atomic E-state index is 0.0211. The molecular formula is C23H23Cl2N5O4. The number of piperazine rings is 1. The Labute approximate surface area is 205 Å². The summed E-state index contributed by atoms with van der Waals surface area (Å²) in [5.41, 5.74) is 1.90. The molecule has 11 heteroatoms. The lowest BCUT2D eigenvalue weighted by atomic mass is 10.2. The number of carboxylic acids is 1. The minimum Gasteiger partial charge on any atom is -0.480 e. The van der Waals surface area contributed by atoms with Crippen LogP contribution in [0.4, 0.5) is 5.69 Å². The van der Waals surface area contributed by atoms with Gasteiger partial charge in [0, 0.05) is 38.4 Å². The number of carbonyl (C=O) groups is 2. The first-order chi connectivity index (χ1) is 16.3. The van der Waals surface area contributed by atoms with E-state index in [9.17, 15) is 14.4 Å². The first kappa shape index (κ1) is 24.0. The molecule has 1 amide bonds. The number of nitrogens with zero attached hydrogens (tertiary/aromatic N) is 4. The van der Waals surface area contributed by atoms with E-state index in [4.69, 9.17) is 28.3 Å². The summed E-state index contributed by atoms with van der Waals surface area (Å²) in [6.45, 7) is 2.67. The van der Waals surface area contributed by atoms with Crippen LogP contribution in [-0.4, -0.2) is 64.2 Å². The molecule has 0 unspecified atom stereocenters. The number of fused-ring (bicyclic) bond motifs is 1. The molecule has 1 aliphatic heterocycles. The number of rotatable bonds is 7. The molecule has 0 aliphatic carbocycles. The highest BCUT2D eigenvalue weighted by Gasteiger charge is 2.19. The van der Waals surface area contributed by atoms with Crippen molar-refractivity contribution in [3.63, 3.8) is 0 Å². The van der Waals surface area contributed by atoms with E-state index in [1.165, 1.54) is 10.9 Å². The Morgan fingerprint density at radius 3 is 2.47 bits per heavy atom. The third-order valence-corrected chi connectivity index (χ3v) is 6.43. The van der Waals surface area contributed by atoms with E-state index in [1.54, 1.807) is 30.3 Å². The quantitative estimate of drug-likeness (QED) is 0.508. The Balaban J connectivity index is 1.44. The summed E-state index contributed by atoms with van der Waals surface area (Å²) in [4.78, 5) is 44.7.